The number of carboxylic acid groups (broad SMARTS) is 1. The van der Waals surface area contributed by atoms with Crippen LogP contribution in [0.1, 0.15) is 0 Å². The van der Waals surface area contributed by atoms with Crippen molar-refractivity contribution in [2.24, 2.45) is 5.73 Å². The lowest BCUT2D eigenvalue weighted by atomic mass is 10.6. The molecule has 0 saturated heterocycles. The van der Waals surface area contributed by atoms with Gasteiger partial charge >= 0.3 is 5.97 Å². The summed E-state index contributed by atoms with van der Waals surface area (Å²) in [6.07, 6.45) is 0. The van der Waals surface area contributed by atoms with Crippen molar-refractivity contribution in [3.05, 3.63) is 0 Å². The fraction of sp³-hybridized carbons (Fsp3) is 0.750. The fourth-order valence-corrected chi connectivity index (χ4v) is 0.297. The zero-order valence-electron chi connectivity index (χ0n) is 4.96. The average molecular weight is 155 g/mol. The Morgan fingerprint density at radius 2 is 2.22 bits per heavy atom. The largest absolute Gasteiger partial charge is 0.480 e. The lowest BCUT2D eigenvalue weighted by Crippen LogP contribution is -2.27. The molecular weight excluding hydrogens is 144 g/mol. The fourth-order valence-electron chi connectivity index (χ4n) is 0.297. The lowest BCUT2D eigenvalue weighted by molar-refractivity contribution is -0.135. The molecule has 9 heavy (non-hydrogen) atoms. The van der Waals surface area contributed by atoms with Crippen LogP contribution in [0.5, 0.6) is 0 Å². The maximum Gasteiger partial charge on any atom is 0.317 e. The maximum atomic E-state index is 9.77. The van der Waals surface area contributed by atoms with Crippen molar-refractivity contribution in [3.8, 4) is 0 Å². The average Bonchev–Trinajstić information content (AvgIpc) is 1.66. The Hall–Kier alpha value is -0.320. The molecule has 56 valence electrons. The number of halogens is 1. The van der Waals surface area contributed by atoms with Gasteiger partial charge in [0, 0.05) is 13.1 Å². The van der Waals surface area contributed by atoms with Crippen molar-refractivity contribution < 1.29 is 9.90 Å². The normalized spacial score (nSPS) is 8.11. The third kappa shape index (κ3) is 11.3. The summed E-state index contributed by atoms with van der Waals surface area (Å²) in [5.74, 6) is -0.849. The van der Waals surface area contributed by atoms with Gasteiger partial charge in [-0.25, -0.2) is 0 Å². The second kappa shape index (κ2) is 7.68. The minimum Gasteiger partial charge on any atom is -0.480 e. The topological polar surface area (TPSA) is 75.3 Å². The molecule has 0 fully saturated rings. The van der Waals surface area contributed by atoms with Crippen LogP contribution in [0.15, 0.2) is 0 Å². The number of hydrogen-bond acceptors (Lipinski definition) is 3. The molecule has 0 aliphatic carbocycles. The zero-order valence-corrected chi connectivity index (χ0v) is 5.78. The molecule has 0 saturated carbocycles. The van der Waals surface area contributed by atoms with Crippen LogP contribution in [-0.2, 0) is 4.79 Å². The van der Waals surface area contributed by atoms with Crippen LogP contribution in [0.2, 0.25) is 0 Å². The summed E-state index contributed by atoms with van der Waals surface area (Å²) >= 11 is 0. The summed E-state index contributed by atoms with van der Waals surface area (Å²) in [5, 5.41) is 10.6. The molecule has 0 aromatic rings. The molecule has 0 aliphatic rings. The molecule has 0 atom stereocenters. The molecule has 0 rings (SSSR count). The van der Waals surface area contributed by atoms with E-state index in [0.29, 0.717) is 13.1 Å². The Labute approximate surface area is 59.8 Å². The van der Waals surface area contributed by atoms with Gasteiger partial charge < -0.3 is 16.2 Å². The predicted molar refractivity (Wildman–Crippen MR) is 36.8 cm³/mol. The van der Waals surface area contributed by atoms with Gasteiger partial charge in [-0.2, -0.15) is 0 Å². The highest BCUT2D eigenvalue weighted by molar-refractivity contribution is 5.85. The van der Waals surface area contributed by atoms with Gasteiger partial charge in [0.25, 0.3) is 0 Å². The molecule has 5 heteroatoms. The van der Waals surface area contributed by atoms with E-state index >= 15 is 0 Å². The van der Waals surface area contributed by atoms with Gasteiger partial charge in [-0.3, -0.25) is 4.79 Å². The Balaban J connectivity index is 0. The summed E-state index contributed by atoms with van der Waals surface area (Å²) < 4.78 is 0. The summed E-state index contributed by atoms with van der Waals surface area (Å²) in [6.45, 7) is 1.04. The smallest absolute Gasteiger partial charge is 0.317 e. The van der Waals surface area contributed by atoms with E-state index in [0.717, 1.165) is 0 Å². The predicted octanol–water partition coefficient (Wildman–Crippen LogP) is -0.959. The number of nitrogens with one attached hydrogen (secondary N) is 1. The van der Waals surface area contributed by atoms with E-state index in [2.05, 4.69) is 5.32 Å². The van der Waals surface area contributed by atoms with Gasteiger partial charge in [0.05, 0.1) is 6.54 Å². The quantitative estimate of drug-likeness (QED) is 0.456. The summed E-state index contributed by atoms with van der Waals surface area (Å²) in [5.41, 5.74) is 5.06. The van der Waals surface area contributed by atoms with Crippen molar-refractivity contribution in [2.75, 3.05) is 19.6 Å². The first-order valence-corrected chi connectivity index (χ1v) is 2.40. The molecular formula is C4H11ClN2O2. The number of aliphatic carboxylic acids is 1. The number of nitrogens with two attached hydrogens (primary N) is 1. The maximum absolute atomic E-state index is 9.77. The Morgan fingerprint density at radius 3 is 2.56 bits per heavy atom. The second-order valence-corrected chi connectivity index (χ2v) is 1.36. The van der Waals surface area contributed by atoms with Gasteiger partial charge in [-0.1, -0.05) is 0 Å². The van der Waals surface area contributed by atoms with Crippen LogP contribution in [0.3, 0.4) is 0 Å². The summed E-state index contributed by atoms with van der Waals surface area (Å²) in [7, 11) is 0. The van der Waals surface area contributed by atoms with Crippen LogP contribution in [0.25, 0.3) is 0 Å². The number of carbonyl (C=O) groups is 1. The van der Waals surface area contributed by atoms with E-state index in [4.69, 9.17) is 10.8 Å². The van der Waals surface area contributed by atoms with Crippen LogP contribution >= 0.6 is 12.4 Å². The SMILES string of the molecule is Cl.NCCNCC(=O)O. The highest BCUT2D eigenvalue weighted by Crippen LogP contribution is 1.56. The van der Waals surface area contributed by atoms with Crippen molar-refractivity contribution in [3.63, 3.8) is 0 Å². The van der Waals surface area contributed by atoms with E-state index in [1.807, 2.05) is 0 Å². The minimum absolute atomic E-state index is 0. The Bertz CT molecular complexity index is 79.0. The first-order valence-electron chi connectivity index (χ1n) is 2.40. The highest BCUT2D eigenvalue weighted by Gasteiger charge is 1.90. The van der Waals surface area contributed by atoms with E-state index in [1.54, 1.807) is 0 Å². The van der Waals surface area contributed by atoms with Gasteiger partial charge in [0.2, 0.25) is 0 Å². The molecule has 0 aliphatic heterocycles. The van der Waals surface area contributed by atoms with Crippen LogP contribution < -0.4 is 11.1 Å². The zero-order chi connectivity index (χ0) is 6.41. The molecule has 0 radical (unpaired) electrons. The molecule has 0 unspecified atom stereocenters. The minimum atomic E-state index is -0.849. The van der Waals surface area contributed by atoms with E-state index in [1.165, 1.54) is 0 Å². The Kier molecular flexibility index (Phi) is 9.79. The van der Waals surface area contributed by atoms with Crippen molar-refractivity contribution in [1.82, 2.24) is 5.32 Å². The van der Waals surface area contributed by atoms with Crippen molar-refractivity contribution in [1.29, 1.82) is 0 Å². The lowest BCUT2D eigenvalue weighted by Gasteiger charge is -1.94. The molecule has 0 spiro atoms. The van der Waals surface area contributed by atoms with Gasteiger partial charge in [0.1, 0.15) is 0 Å². The van der Waals surface area contributed by atoms with E-state index in [9.17, 15) is 4.79 Å². The van der Waals surface area contributed by atoms with Crippen molar-refractivity contribution >= 4 is 18.4 Å². The van der Waals surface area contributed by atoms with Crippen LogP contribution in [-0.4, -0.2) is 30.7 Å². The van der Waals surface area contributed by atoms with Gasteiger partial charge in [-0.05, 0) is 0 Å². The standard InChI is InChI=1S/C4H10N2O2.ClH/c5-1-2-6-3-4(7)8;/h6H,1-3,5H2,(H,7,8);1H. The summed E-state index contributed by atoms with van der Waals surface area (Å²) in [6, 6.07) is 0. The second-order valence-electron chi connectivity index (χ2n) is 1.36. The molecule has 0 bridgehead atoms. The van der Waals surface area contributed by atoms with Crippen LogP contribution in [0.4, 0.5) is 0 Å². The molecule has 0 aromatic carbocycles. The number of hydrogen-bond donors (Lipinski definition) is 3. The first-order chi connectivity index (χ1) is 3.77. The molecule has 0 heterocycles. The first kappa shape index (κ1) is 11.5. The van der Waals surface area contributed by atoms with E-state index in [-0.39, 0.29) is 19.0 Å². The molecule has 0 aromatic heterocycles. The third-order valence-electron chi connectivity index (χ3n) is 0.597. The van der Waals surface area contributed by atoms with E-state index < -0.39 is 5.97 Å². The molecule has 4 N–H and O–H groups in total. The van der Waals surface area contributed by atoms with Gasteiger partial charge in [-0.15, -0.1) is 12.4 Å². The van der Waals surface area contributed by atoms with Crippen molar-refractivity contribution in [2.45, 2.75) is 0 Å². The highest BCUT2D eigenvalue weighted by atomic mass is 35.5. The third-order valence-corrected chi connectivity index (χ3v) is 0.597. The monoisotopic (exact) mass is 154 g/mol. The number of rotatable bonds is 4. The van der Waals surface area contributed by atoms with Gasteiger partial charge in [0.15, 0.2) is 0 Å². The summed E-state index contributed by atoms with van der Waals surface area (Å²) in [4.78, 5) is 9.77. The Morgan fingerprint density at radius 1 is 1.67 bits per heavy atom. The molecule has 4 nitrogen and oxygen atoms in total. The molecule has 0 amide bonds. The number of carboxylic acids is 1. The van der Waals surface area contributed by atoms with Crippen LogP contribution in [0, 0.1) is 0 Å².